The monoisotopic (exact) mass is 325 g/mol. The molecule has 0 radical (unpaired) electrons. The Morgan fingerprint density at radius 3 is 2.91 bits per heavy atom. The van der Waals surface area contributed by atoms with Gasteiger partial charge in [-0.25, -0.2) is 0 Å². The van der Waals surface area contributed by atoms with Crippen molar-refractivity contribution in [2.75, 3.05) is 19.7 Å². The van der Waals surface area contributed by atoms with Crippen LogP contribution in [0.5, 0.6) is 0 Å². The summed E-state index contributed by atoms with van der Waals surface area (Å²) in [4.78, 5) is 2.16. The minimum absolute atomic E-state index is 0.353. The van der Waals surface area contributed by atoms with Crippen LogP contribution in [0.4, 0.5) is 13.2 Å². The molecular weight excluding hydrogens is 307 g/mol. The standard InChI is InChI=1S/C16H18F3N3O/c1-11-8-20-21-14(11)9-22-5-6-23-15(10-22)12-3-2-4-13(7-12)16(17,18)19/h2-4,7-8,15H,5-6,9-10H2,1H3,(H,20,21). The van der Waals surface area contributed by atoms with E-state index in [0.717, 1.165) is 23.9 Å². The van der Waals surface area contributed by atoms with E-state index in [1.807, 2.05) is 6.92 Å². The lowest BCUT2D eigenvalue weighted by atomic mass is 10.0. The molecular formula is C16H18F3N3O. The zero-order valence-corrected chi connectivity index (χ0v) is 12.7. The van der Waals surface area contributed by atoms with Crippen LogP contribution >= 0.6 is 0 Å². The van der Waals surface area contributed by atoms with Crippen molar-refractivity contribution >= 4 is 0 Å². The minimum atomic E-state index is -4.34. The minimum Gasteiger partial charge on any atom is -0.371 e. The summed E-state index contributed by atoms with van der Waals surface area (Å²) < 4.78 is 44.2. The van der Waals surface area contributed by atoms with Crippen LogP contribution in [-0.2, 0) is 17.5 Å². The molecule has 3 rings (SSSR count). The third-order valence-corrected chi connectivity index (χ3v) is 4.05. The lowest BCUT2D eigenvalue weighted by Crippen LogP contribution is -2.38. The van der Waals surface area contributed by atoms with Crippen LogP contribution in [0.25, 0.3) is 0 Å². The molecule has 1 aromatic heterocycles. The first-order valence-corrected chi connectivity index (χ1v) is 7.43. The molecule has 0 saturated carbocycles. The molecule has 1 N–H and O–H groups in total. The van der Waals surface area contributed by atoms with Gasteiger partial charge < -0.3 is 4.74 Å². The second-order valence-electron chi connectivity index (χ2n) is 5.75. The van der Waals surface area contributed by atoms with E-state index in [9.17, 15) is 13.2 Å². The molecule has 124 valence electrons. The van der Waals surface area contributed by atoms with Crippen LogP contribution in [0.1, 0.15) is 28.5 Å². The Morgan fingerprint density at radius 2 is 2.22 bits per heavy atom. The van der Waals surface area contributed by atoms with Crippen molar-refractivity contribution in [1.82, 2.24) is 15.1 Å². The van der Waals surface area contributed by atoms with E-state index in [4.69, 9.17) is 4.74 Å². The van der Waals surface area contributed by atoms with Gasteiger partial charge in [0, 0.05) is 19.6 Å². The molecule has 23 heavy (non-hydrogen) atoms. The van der Waals surface area contributed by atoms with Crippen molar-refractivity contribution in [3.63, 3.8) is 0 Å². The van der Waals surface area contributed by atoms with Crippen LogP contribution in [0.15, 0.2) is 30.5 Å². The summed E-state index contributed by atoms with van der Waals surface area (Å²) in [5.74, 6) is 0. The third kappa shape index (κ3) is 3.73. The van der Waals surface area contributed by atoms with Crippen molar-refractivity contribution in [1.29, 1.82) is 0 Å². The zero-order chi connectivity index (χ0) is 16.4. The number of nitrogens with one attached hydrogen (secondary N) is 1. The highest BCUT2D eigenvalue weighted by molar-refractivity contribution is 5.27. The van der Waals surface area contributed by atoms with Crippen LogP contribution in [0.2, 0.25) is 0 Å². The van der Waals surface area contributed by atoms with Crippen molar-refractivity contribution in [3.05, 3.63) is 52.8 Å². The number of morpholine rings is 1. The smallest absolute Gasteiger partial charge is 0.371 e. The molecule has 0 bridgehead atoms. The first-order valence-electron chi connectivity index (χ1n) is 7.43. The lowest BCUT2D eigenvalue weighted by Gasteiger charge is -2.33. The van der Waals surface area contributed by atoms with Crippen LogP contribution in [0.3, 0.4) is 0 Å². The molecule has 7 heteroatoms. The first-order chi connectivity index (χ1) is 10.9. The Morgan fingerprint density at radius 1 is 1.39 bits per heavy atom. The predicted octanol–water partition coefficient (Wildman–Crippen LogP) is 3.31. The normalized spacial score (nSPS) is 19.9. The Bertz CT molecular complexity index is 669. The van der Waals surface area contributed by atoms with Crippen LogP contribution in [0, 0.1) is 6.92 Å². The molecule has 1 fully saturated rings. The summed E-state index contributed by atoms with van der Waals surface area (Å²) in [6.07, 6.45) is -2.92. The van der Waals surface area contributed by atoms with Gasteiger partial charge in [-0.2, -0.15) is 18.3 Å². The summed E-state index contributed by atoms with van der Waals surface area (Å²) in [7, 11) is 0. The van der Waals surface area contributed by atoms with E-state index < -0.39 is 11.7 Å². The number of halogens is 3. The predicted molar refractivity (Wildman–Crippen MR) is 78.7 cm³/mol. The lowest BCUT2D eigenvalue weighted by molar-refractivity contribution is -0.137. The fourth-order valence-electron chi connectivity index (χ4n) is 2.72. The maximum absolute atomic E-state index is 12.8. The molecule has 2 aromatic rings. The number of rotatable bonds is 3. The van der Waals surface area contributed by atoms with Crippen LogP contribution < -0.4 is 0 Å². The van der Waals surface area contributed by atoms with Gasteiger partial charge >= 0.3 is 6.18 Å². The second-order valence-corrected chi connectivity index (χ2v) is 5.75. The number of aromatic nitrogens is 2. The number of nitrogens with zero attached hydrogens (tertiary/aromatic N) is 2. The van der Waals surface area contributed by atoms with Crippen molar-refractivity contribution in [2.24, 2.45) is 0 Å². The van der Waals surface area contributed by atoms with Gasteiger partial charge in [0.25, 0.3) is 0 Å². The Labute approximate surface area is 132 Å². The number of aryl methyl sites for hydroxylation is 1. The summed E-state index contributed by atoms with van der Waals surface area (Å²) in [5.41, 5.74) is 2.02. The Hall–Kier alpha value is -1.86. The van der Waals surface area contributed by atoms with Crippen molar-refractivity contribution in [2.45, 2.75) is 25.7 Å². The Kier molecular flexibility index (Phi) is 4.41. The molecule has 2 heterocycles. The van der Waals surface area contributed by atoms with E-state index in [2.05, 4.69) is 15.1 Å². The van der Waals surface area contributed by atoms with Gasteiger partial charge in [0.1, 0.15) is 0 Å². The van der Waals surface area contributed by atoms with Gasteiger partial charge in [0.2, 0.25) is 0 Å². The fraction of sp³-hybridized carbons (Fsp3) is 0.438. The van der Waals surface area contributed by atoms with E-state index in [-0.39, 0.29) is 6.10 Å². The molecule has 1 unspecified atom stereocenters. The molecule has 0 aliphatic carbocycles. The van der Waals surface area contributed by atoms with E-state index >= 15 is 0 Å². The molecule has 1 aliphatic heterocycles. The SMILES string of the molecule is Cc1cn[nH]c1CN1CCOC(c2cccc(C(F)(F)F)c2)C1. The van der Waals surface area contributed by atoms with E-state index in [1.165, 1.54) is 12.1 Å². The highest BCUT2D eigenvalue weighted by Crippen LogP contribution is 2.32. The number of aromatic amines is 1. The number of ether oxygens (including phenoxy) is 1. The van der Waals surface area contributed by atoms with Gasteiger partial charge in [-0.3, -0.25) is 10.00 Å². The van der Waals surface area contributed by atoms with E-state index in [1.54, 1.807) is 12.3 Å². The van der Waals surface area contributed by atoms with Gasteiger partial charge in [-0.05, 0) is 30.2 Å². The van der Waals surface area contributed by atoms with Crippen molar-refractivity contribution in [3.8, 4) is 0 Å². The first kappa shape index (κ1) is 16.0. The largest absolute Gasteiger partial charge is 0.416 e. The van der Waals surface area contributed by atoms with Gasteiger partial charge in [-0.1, -0.05) is 12.1 Å². The molecule has 1 atom stereocenters. The zero-order valence-electron chi connectivity index (χ0n) is 12.7. The topological polar surface area (TPSA) is 41.2 Å². The number of benzene rings is 1. The quantitative estimate of drug-likeness (QED) is 0.941. The maximum Gasteiger partial charge on any atom is 0.416 e. The summed E-state index contributed by atoms with van der Waals surface area (Å²) in [6, 6.07) is 5.37. The molecule has 4 nitrogen and oxygen atoms in total. The highest BCUT2D eigenvalue weighted by Gasteiger charge is 2.31. The number of hydrogen-bond acceptors (Lipinski definition) is 3. The molecule has 1 saturated heterocycles. The summed E-state index contributed by atoms with van der Waals surface area (Å²) >= 11 is 0. The van der Waals surface area contributed by atoms with E-state index in [0.29, 0.717) is 25.3 Å². The Balaban J connectivity index is 1.72. The third-order valence-electron chi connectivity index (χ3n) is 4.05. The second kappa shape index (κ2) is 6.33. The number of H-pyrrole nitrogens is 1. The van der Waals surface area contributed by atoms with Gasteiger partial charge in [0.15, 0.2) is 0 Å². The maximum atomic E-state index is 12.8. The fourth-order valence-corrected chi connectivity index (χ4v) is 2.72. The number of hydrogen-bond donors (Lipinski definition) is 1. The highest BCUT2D eigenvalue weighted by atomic mass is 19.4. The molecule has 0 amide bonds. The number of alkyl halides is 3. The summed E-state index contributed by atoms with van der Waals surface area (Å²) in [6.45, 7) is 4.45. The average Bonchev–Trinajstić information content (AvgIpc) is 2.92. The molecule has 1 aliphatic rings. The van der Waals surface area contributed by atoms with Crippen LogP contribution in [-0.4, -0.2) is 34.8 Å². The summed E-state index contributed by atoms with van der Waals surface area (Å²) in [5, 5.41) is 6.95. The average molecular weight is 325 g/mol. The molecule has 1 aromatic carbocycles. The van der Waals surface area contributed by atoms with Gasteiger partial charge in [0.05, 0.1) is 30.2 Å². The van der Waals surface area contributed by atoms with Gasteiger partial charge in [-0.15, -0.1) is 0 Å². The molecule has 0 spiro atoms. The van der Waals surface area contributed by atoms with Crippen molar-refractivity contribution < 1.29 is 17.9 Å².